The number of aromatic amines is 1. The quantitative estimate of drug-likeness (QED) is 0.196. The van der Waals surface area contributed by atoms with E-state index in [0.717, 1.165) is 64.8 Å². The van der Waals surface area contributed by atoms with Crippen molar-refractivity contribution in [3.8, 4) is 22.4 Å². The predicted octanol–water partition coefficient (Wildman–Crippen LogP) is 7.80. The number of imidazole rings is 1. The first-order valence-electron chi connectivity index (χ1n) is 17.1. The highest BCUT2D eigenvalue weighted by Gasteiger charge is 2.64. The number of aromatic nitrogens is 4. The molecule has 2 aromatic carbocycles. The Bertz CT molecular complexity index is 1870. The van der Waals surface area contributed by atoms with Gasteiger partial charge in [-0.3, -0.25) is 4.90 Å². The number of thioether (sulfide) groups is 1. The Morgan fingerprint density at radius 3 is 2.31 bits per heavy atom. The zero-order valence-corrected chi connectivity index (χ0v) is 29.9. The first kappa shape index (κ1) is 33.2. The lowest BCUT2D eigenvalue weighted by Gasteiger charge is -2.31. The summed E-state index contributed by atoms with van der Waals surface area (Å²) in [7, 11) is 0. The summed E-state index contributed by atoms with van der Waals surface area (Å²) in [5.41, 5.74) is 3.98. The van der Waals surface area contributed by atoms with Crippen molar-refractivity contribution < 1.29 is 19.1 Å². The van der Waals surface area contributed by atoms with Crippen LogP contribution < -0.4 is 5.32 Å². The highest BCUT2D eigenvalue weighted by atomic mass is 32.2. The molecule has 0 bridgehead atoms. The molecule has 3 aliphatic heterocycles. The van der Waals surface area contributed by atoms with Crippen molar-refractivity contribution in [3.05, 3.63) is 60.7 Å². The molecule has 2 aromatic heterocycles. The fourth-order valence-corrected chi connectivity index (χ4v) is 8.22. The summed E-state index contributed by atoms with van der Waals surface area (Å²) in [6.45, 7) is 13.3. The molecule has 2 N–H and O–H groups in total. The van der Waals surface area contributed by atoms with Gasteiger partial charge in [-0.2, -0.15) is 0 Å². The zero-order valence-electron chi connectivity index (χ0n) is 29.1. The van der Waals surface area contributed by atoms with Gasteiger partial charge >= 0.3 is 12.2 Å². The van der Waals surface area contributed by atoms with Crippen molar-refractivity contribution in [2.24, 2.45) is 0 Å². The SMILES string of the molecule is CC(C)(C)OC(=O)N1CCC[C@@]2(c3ncc(-c4ccc(-c5ccc6nc(NC[C@@H]7CCCN7C(=O)OC(C)(C)C)ncc6c5)cc4)[nH]3)SC12. The fourth-order valence-electron chi connectivity index (χ4n) is 6.73. The Labute approximate surface area is 291 Å². The van der Waals surface area contributed by atoms with Gasteiger partial charge in [-0.05, 0) is 96.0 Å². The van der Waals surface area contributed by atoms with Gasteiger partial charge in [-0.1, -0.05) is 30.3 Å². The van der Waals surface area contributed by atoms with Gasteiger partial charge in [-0.25, -0.2) is 24.5 Å². The largest absolute Gasteiger partial charge is 0.444 e. The molecule has 0 spiro atoms. The topological polar surface area (TPSA) is 126 Å². The van der Waals surface area contributed by atoms with Crippen LogP contribution in [0, 0.1) is 0 Å². The molecule has 5 heterocycles. The Balaban J connectivity index is 0.990. The summed E-state index contributed by atoms with van der Waals surface area (Å²) in [6.07, 6.45) is 6.97. The average molecular weight is 684 g/mol. The lowest BCUT2D eigenvalue weighted by Crippen LogP contribution is -2.44. The summed E-state index contributed by atoms with van der Waals surface area (Å²) in [6, 6.07) is 14.7. The number of H-pyrrole nitrogens is 1. The minimum atomic E-state index is -0.521. The molecule has 11 nitrogen and oxygen atoms in total. The molecule has 0 saturated carbocycles. The molecule has 3 fully saturated rings. The molecule has 49 heavy (non-hydrogen) atoms. The van der Waals surface area contributed by atoms with Crippen molar-refractivity contribution in [1.82, 2.24) is 29.7 Å². The molecule has 0 aliphatic carbocycles. The number of carbonyl (C=O) groups is 2. The number of anilines is 1. The standard InChI is InChI=1S/C37H45N7O4S/c1-35(2,3)47-33(45)43-17-7-9-27(43)21-40-32-39-20-26-19-25(14-15-28(26)42-32)23-10-12-24(13-11-23)29-22-38-30(41-29)37-16-8-18-44(31(37)49-37)34(46)48-36(4,5)6/h10-15,19-20,22,27,31H,7-9,16-18,21H2,1-6H3,(H,38,41)(H,39,40,42)/t27-,31?,37-/m0/s1. The van der Waals surface area contributed by atoms with Crippen molar-refractivity contribution in [2.75, 3.05) is 25.0 Å². The fraction of sp³-hybridized carbons (Fsp3) is 0.486. The normalized spacial score (nSPS) is 22.2. The number of hydrogen-bond donors (Lipinski definition) is 2. The highest BCUT2D eigenvalue weighted by Crippen LogP contribution is 2.66. The number of rotatable bonds is 6. The van der Waals surface area contributed by atoms with Gasteiger partial charge < -0.3 is 24.7 Å². The number of fused-ring (bicyclic) bond motifs is 2. The van der Waals surface area contributed by atoms with Crippen molar-refractivity contribution in [3.63, 3.8) is 0 Å². The molecular formula is C37H45N7O4S. The molecule has 3 saturated heterocycles. The molecule has 7 rings (SSSR count). The lowest BCUT2D eigenvalue weighted by atomic mass is 9.97. The third-order valence-electron chi connectivity index (χ3n) is 9.11. The van der Waals surface area contributed by atoms with E-state index < -0.39 is 11.2 Å². The predicted molar refractivity (Wildman–Crippen MR) is 192 cm³/mol. The molecule has 1 unspecified atom stereocenters. The van der Waals surface area contributed by atoms with Gasteiger partial charge in [-0.15, -0.1) is 11.8 Å². The van der Waals surface area contributed by atoms with E-state index in [0.29, 0.717) is 25.6 Å². The van der Waals surface area contributed by atoms with Gasteiger partial charge in [0.15, 0.2) is 0 Å². The zero-order chi connectivity index (χ0) is 34.6. The minimum Gasteiger partial charge on any atom is -0.444 e. The number of nitrogens with one attached hydrogen (secondary N) is 2. The van der Waals surface area contributed by atoms with Crippen LogP contribution in [0.25, 0.3) is 33.3 Å². The van der Waals surface area contributed by atoms with Gasteiger partial charge in [0, 0.05) is 31.2 Å². The molecule has 4 aromatic rings. The summed E-state index contributed by atoms with van der Waals surface area (Å²) >= 11 is 1.78. The second kappa shape index (κ2) is 12.5. The number of nitrogens with zero attached hydrogens (tertiary/aromatic N) is 5. The van der Waals surface area contributed by atoms with E-state index in [1.54, 1.807) is 11.8 Å². The van der Waals surface area contributed by atoms with E-state index in [-0.39, 0.29) is 28.3 Å². The summed E-state index contributed by atoms with van der Waals surface area (Å²) < 4.78 is 11.1. The third kappa shape index (κ3) is 7.06. The first-order valence-corrected chi connectivity index (χ1v) is 18.0. The van der Waals surface area contributed by atoms with Crippen LogP contribution >= 0.6 is 11.8 Å². The van der Waals surface area contributed by atoms with Crippen molar-refractivity contribution >= 4 is 40.8 Å². The van der Waals surface area contributed by atoms with Crippen LogP contribution in [0.2, 0.25) is 0 Å². The van der Waals surface area contributed by atoms with Crippen LogP contribution in [-0.4, -0.2) is 84.2 Å². The van der Waals surface area contributed by atoms with E-state index in [1.807, 2.05) is 69.8 Å². The van der Waals surface area contributed by atoms with E-state index in [2.05, 4.69) is 51.7 Å². The van der Waals surface area contributed by atoms with Crippen LogP contribution in [0.4, 0.5) is 15.5 Å². The van der Waals surface area contributed by atoms with Crippen LogP contribution in [0.5, 0.6) is 0 Å². The molecule has 258 valence electrons. The third-order valence-corrected chi connectivity index (χ3v) is 10.8. The van der Waals surface area contributed by atoms with Crippen LogP contribution in [-0.2, 0) is 14.2 Å². The van der Waals surface area contributed by atoms with Crippen LogP contribution in [0.15, 0.2) is 54.9 Å². The maximum absolute atomic E-state index is 12.9. The number of amides is 2. The van der Waals surface area contributed by atoms with E-state index in [9.17, 15) is 9.59 Å². The average Bonchev–Trinajstić information content (AvgIpc) is 3.35. The monoisotopic (exact) mass is 683 g/mol. The van der Waals surface area contributed by atoms with Gasteiger partial charge in [0.05, 0.1) is 23.4 Å². The first-order chi connectivity index (χ1) is 23.3. The van der Waals surface area contributed by atoms with Crippen LogP contribution in [0.3, 0.4) is 0 Å². The molecule has 12 heteroatoms. The Kier molecular flexibility index (Phi) is 8.49. The summed E-state index contributed by atoms with van der Waals surface area (Å²) in [4.78, 5) is 46.8. The molecule has 0 radical (unpaired) electrons. The summed E-state index contributed by atoms with van der Waals surface area (Å²) in [5, 5.41) is 4.33. The van der Waals surface area contributed by atoms with E-state index in [4.69, 9.17) is 19.4 Å². The highest BCUT2D eigenvalue weighted by molar-refractivity contribution is 8.08. The van der Waals surface area contributed by atoms with E-state index >= 15 is 0 Å². The molecule has 3 aliphatic rings. The Morgan fingerprint density at radius 1 is 0.898 bits per heavy atom. The van der Waals surface area contributed by atoms with Gasteiger partial charge in [0.2, 0.25) is 5.95 Å². The molecule has 2 amide bonds. The Morgan fingerprint density at radius 2 is 1.57 bits per heavy atom. The maximum Gasteiger partial charge on any atom is 0.411 e. The molecule has 3 atom stereocenters. The number of piperidine rings is 1. The molecular weight excluding hydrogens is 639 g/mol. The number of ether oxygens (including phenoxy) is 2. The maximum atomic E-state index is 12.9. The lowest BCUT2D eigenvalue weighted by molar-refractivity contribution is 0.0186. The Hall–Kier alpha value is -4.32. The summed E-state index contributed by atoms with van der Waals surface area (Å²) in [5.74, 6) is 1.46. The number of carbonyl (C=O) groups excluding carboxylic acids is 2. The van der Waals surface area contributed by atoms with Gasteiger partial charge in [0.1, 0.15) is 27.1 Å². The van der Waals surface area contributed by atoms with Crippen molar-refractivity contribution in [2.45, 2.75) is 94.6 Å². The van der Waals surface area contributed by atoms with Crippen molar-refractivity contribution in [1.29, 1.82) is 0 Å². The second-order valence-electron chi connectivity index (χ2n) is 15.2. The minimum absolute atomic E-state index is 0.0406. The second-order valence-corrected chi connectivity index (χ2v) is 16.6. The smallest absolute Gasteiger partial charge is 0.411 e. The number of hydrogen-bond acceptors (Lipinski definition) is 9. The number of benzene rings is 2. The van der Waals surface area contributed by atoms with Gasteiger partial charge in [0.25, 0.3) is 0 Å². The van der Waals surface area contributed by atoms with Crippen LogP contribution in [0.1, 0.15) is 73.1 Å². The van der Waals surface area contributed by atoms with E-state index in [1.165, 1.54) is 0 Å². The number of likely N-dealkylation sites (tertiary alicyclic amines) is 2.